The molecule has 0 aromatic carbocycles. The first-order valence-corrected chi connectivity index (χ1v) is 8.49. The molecule has 6 nitrogen and oxygen atoms in total. The van der Waals surface area contributed by atoms with Crippen LogP contribution >= 0.6 is 0 Å². The first kappa shape index (κ1) is 17.7. The largest absolute Gasteiger partial charge is 0.370 e. The average Bonchev–Trinajstić information content (AvgIpc) is 2.50. The molecule has 1 amide bonds. The Morgan fingerprint density at radius 2 is 2.22 bits per heavy atom. The number of hydrogen-bond acceptors (Lipinski definition) is 5. The molecule has 1 aliphatic rings. The number of aryl methyl sites for hydroxylation is 1. The van der Waals surface area contributed by atoms with Crippen LogP contribution in [0.15, 0.2) is 6.07 Å². The predicted molar refractivity (Wildman–Crippen MR) is 92.7 cm³/mol. The van der Waals surface area contributed by atoms with Crippen LogP contribution < -0.4 is 5.32 Å². The molecule has 2 heterocycles. The fraction of sp³-hybridized carbons (Fsp3) is 0.706. The van der Waals surface area contributed by atoms with Gasteiger partial charge in [-0.15, -0.1) is 0 Å². The Balaban J connectivity index is 2.00. The number of nitrogens with one attached hydrogen (secondary N) is 1. The molecule has 23 heavy (non-hydrogen) atoms. The second-order valence-electron chi connectivity index (χ2n) is 6.77. The lowest BCUT2D eigenvalue weighted by atomic mass is 10.00. The zero-order valence-electron chi connectivity index (χ0n) is 14.8. The summed E-state index contributed by atoms with van der Waals surface area (Å²) in [5, 5.41) is 3.30. The van der Waals surface area contributed by atoms with Crippen LogP contribution in [0.4, 0.5) is 5.82 Å². The Hall–Kier alpha value is -1.69. The fourth-order valence-corrected chi connectivity index (χ4v) is 2.92. The third kappa shape index (κ3) is 5.46. The van der Waals surface area contributed by atoms with Crippen molar-refractivity contribution in [2.24, 2.45) is 5.92 Å². The highest BCUT2D eigenvalue weighted by Crippen LogP contribution is 2.18. The number of anilines is 1. The summed E-state index contributed by atoms with van der Waals surface area (Å²) >= 11 is 0. The van der Waals surface area contributed by atoms with Crippen molar-refractivity contribution in [1.82, 2.24) is 19.8 Å². The second kappa shape index (κ2) is 8.24. The van der Waals surface area contributed by atoms with Crippen molar-refractivity contribution < 1.29 is 4.79 Å². The van der Waals surface area contributed by atoms with Crippen LogP contribution in [0.2, 0.25) is 0 Å². The predicted octanol–water partition coefficient (Wildman–Crippen LogP) is 2.02. The summed E-state index contributed by atoms with van der Waals surface area (Å²) < 4.78 is 0. The molecule has 0 radical (unpaired) electrons. The molecule has 2 rings (SSSR count). The van der Waals surface area contributed by atoms with Crippen LogP contribution in [-0.4, -0.2) is 65.9 Å². The Morgan fingerprint density at radius 1 is 1.43 bits per heavy atom. The van der Waals surface area contributed by atoms with Gasteiger partial charge in [0.1, 0.15) is 17.3 Å². The normalized spacial score (nSPS) is 18.3. The molecule has 1 aromatic heterocycles. The highest BCUT2D eigenvalue weighted by molar-refractivity contribution is 5.93. The Bertz CT molecular complexity index is 532. The minimum atomic E-state index is 0.0263. The highest BCUT2D eigenvalue weighted by atomic mass is 16.2. The summed E-state index contributed by atoms with van der Waals surface area (Å²) in [6.45, 7) is 7.55. The lowest BCUT2D eigenvalue weighted by Crippen LogP contribution is -2.39. The molecule has 128 valence electrons. The zero-order chi connectivity index (χ0) is 16.8. The number of nitrogens with zero attached hydrogens (tertiary/aromatic N) is 4. The number of hydrogen-bond donors (Lipinski definition) is 1. The number of amides is 1. The summed E-state index contributed by atoms with van der Waals surface area (Å²) in [5.74, 6) is 1.97. The summed E-state index contributed by atoms with van der Waals surface area (Å²) in [6, 6.07) is 1.78. The van der Waals surface area contributed by atoms with Crippen LogP contribution in [0.25, 0.3) is 0 Å². The third-order valence-electron chi connectivity index (χ3n) is 4.09. The topological polar surface area (TPSA) is 61.4 Å². The van der Waals surface area contributed by atoms with Crippen LogP contribution in [0.5, 0.6) is 0 Å². The van der Waals surface area contributed by atoms with Gasteiger partial charge in [-0.05, 0) is 52.7 Å². The Labute approximate surface area is 139 Å². The molecule has 1 aromatic rings. The van der Waals surface area contributed by atoms with Gasteiger partial charge in [0.05, 0.1) is 0 Å². The summed E-state index contributed by atoms with van der Waals surface area (Å²) in [6.07, 6.45) is 3.31. The smallest absolute Gasteiger partial charge is 0.272 e. The van der Waals surface area contributed by atoms with Gasteiger partial charge < -0.3 is 15.1 Å². The number of rotatable bonds is 6. The first-order chi connectivity index (χ1) is 11.0. The lowest BCUT2D eigenvalue weighted by molar-refractivity contribution is 0.0676. The maximum absolute atomic E-state index is 12.7. The molecule has 1 saturated heterocycles. The van der Waals surface area contributed by atoms with Gasteiger partial charge in [-0.2, -0.15) is 0 Å². The van der Waals surface area contributed by atoms with Crippen LogP contribution in [0.3, 0.4) is 0 Å². The van der Waals surface area contributed by atoms with E-state index in [-0.39, 0.29) is 5.91 Å². The molecular formula is C17H29N5O. The van der Waals surface area contributed by atoms with Gasteiger partial charge in [-0.1, -0.05) is 6.92 Å². The van der Waals surface area contributed by atoms with Gasteiger partial charge in [-0.25, -0.2) is 9.97 Å². The highest BCUT2D eigenvalue weighted by Gasteiger charge is 2.23. The van der Waals surface area contributed by atoms with E-state index in [0.717, 1.165) is 44.8 Å². The summed E-state index contributed by atoms with van der Waals surface area (Å²) in [4.78, 5) is 25.5. The number of aromatic nitrogens is 2. The Kier molecular flexibility index (Phi) is 6.33. The van der Waals surface area contributed by atoms with Gasteiger partial charge >= 0.3 is 0 Å². The third-order valence-corrected chi connectivity index (χ3v) is 4.09. The maximum Gasteiger partial charge on any atom is 0.272 e. The van der Waals surface area contributed by atoms with E-state index in [1.165, 1.54) is 6.42 Å². The standard InChI is InChI=1S/C17H29N5O/c1-13-7-5-10-22(12-13)17(23)15-11-16(20-14(2)19-15)18-8-6-9-21(3)4/h11,13H,5-10,12H2,1-4H3,(H,18,19,20). The van der Waals surface area contributed by atoms with Crippen molar-refractivity contribution in [2.45, 2.75) is 33.1 Å². The van der Waals surface area contributed by atoms with E-state index in [2.05, 4.69) is 41.2 Å². The van der Waals surface area contributed by atoms with E-state index in [4.69, 9.17) is 0 Å². The van der Waals surface area contributed by atoms with E-state index in [0.29, 0.717) is 17.4 Å². The monoisotopic (exact) mass is 319 g/mol. The minimum absolute atomic E-state index is 0.0263. The van der Waals surface area contributed by atoms with E-state index >= 15 is 0 Å². The van der Waals surface area contributed by atoms with Gasteiger partial charge in [0, 0.05) is 25.7 Å². The van der Waals surface area contributed by atoms with Crippen LogP contribution in [-0.2, 0) is 0 Å². The number of likely N-dealkylation sites (tertiary alicyclic amines) is 1. The van der Waals surface area contributed by atoms with E-state index in [1.54, 1.807) is 6.07 Å². The van der Waals surface area contributed by atoms with Gasteiger partial charge in [0.2, 0.25) is 0 Å². The molecule has 1 atom stereocenters. The van der Waals surface area contributed by atoms with Crippen molar-refractivity contribution in [3.63, 3.8) is 0 Å². The van der Waals surface area contributed by atoms with E-state index in [9.17, 15) is 4.79 Å². The Morgan fingerprint density at radius 3 is 2.91 bits per heavy atom. The second-order valence-corrected chi connectivity index (χ2v) is 6.77. The summed E-state index contributed by atoms with van der Waals surface area (Å²) in [5.41, 5.74) is 0.502. The molecule has 0 saturated carbocycles. The van der Waals surface area contributed by atoms with Crippen molar-refractivity contribution in [2.75, 3.05) is 45.6 Å². The van der Waals surface area contributed by atoms with Crippen LogP contribution in [0, 0.1) is 12.8 Å². The molecule has 1 aliphatic heterocycles. The quantitative estimate of drug-likeness (QED) is 0.813. The number of piperidine rings is 1. The molecule has 1 unspecified atom stereocenters. The lowest BCUT2D eigenvalue weighted by Gasteiger charge is -2.30. The number of carbonyl (C=O) groups is 1. The SMILES string of the molecule is Cc1nc(NCCCN(C)C)cc(C(=O)N2CCCC(C)C2)n1. The molecular weight excluding hydrogens is 290 g/mol. The molecule has 6 heteroatoms. The van der Waals surface area contributed by atoms with Crippen LogP contribution in [0.1, 0.15) is 42.5 Å². The van der Waals surface area contributed by atoms with Gasteiger partial charge in [-0.3, -0.25) is 4.79 Å². The molecule has 0 bridgehead atoms. The fourth-order valence-electron chi connectivity index (χ4n) is 2.92. The zero-order valence-corrected chi connectivity index (χ0v) is 14.8. The van der Waals surface area contributed by atoms with E-state index < -0.39 is 0 Å². The molecule has 1 N–H and O–H groups in total. The average molecular weight is 319 g/mol. The van der Waals surface area contributed by atoms with Crippen molar-refractivity contribution in [1.29, 1.82) is 0 Å². The van der Waals surface area contributed by atoms with Gasteiger partial charge in [0.25, 0.3) is 5.91 Å². The number of carbonyl (C=O) groups excluding carboxylic acids is 1. The molecule has 0 spiro atoms. The first-order valence-electron chi connectivity index (χ1n) is 8.49. The molecule has 0 aliphatic carbocycles. The maximum atomic E-state index is 12.7. The molecule has 1 fully saturated rings. The van der Waals surface area contributed by atoms with E-state index in [1.807, 2.05) is 11.8 Å². The summed E-state index contributed by atoms with van der Waals surface area (Å²) in [7, 11) is 4.12. The van der Waals surface area contributed by atoms with Crippen molar-refractivity contribution >= 4 is 11.7 Å². The van der Waals surface area contributed by atoms with Crippen molar-refractivity contribution in [3.8, 4) is 0 Å². The van der Waals surface area contributed by atoms with Crippen molar-refractivity contribution in [3.05, 3.63) is 17.6 Å². The minimum Gasteiger partial charge on any atom is -0.370 e. The van der Waals surface area contributed by atoms with Gasteiger partial charge in [0.15, 0.2) is 0 Å².